The number of hydrogen-bond donors (Lipinski definition) is 1. The van der Waals surface area contributed by atoms with E-state index >= 15 is 0 Å². The van der Waals surface area contributed by atoms with Gasteiger partial charge in [0, 0.05) is 12.5 Å². The monoisotopic (exact) mass is 398 g/mol. The predicted octanol–water partition coefficient (Wildman–Crippen LogP) is 2.74. The number of nitrogens with one attached hydrogen (secondary N) is 1. The first-order valence-electron chi connectivity index (χ1n) is 10.1. The molecule has 2 atom stereocenters. The van der Waals surface area contributed by atoms with Crippen molar-refractivity contribution in [1.82, 2.24) is 9.62 Å². The summed E-state index contributed by atoms with van der Waals surface area (Å²) in [6, 6.07) is 17.2. The SMILES string of the molecule is O=S(=O)(c1cccc(-c2ccccc2)c1)N1CC2(CCNCC2)[C@H]2COC[C@H]21. The normalized spacial score (nSPS) is 27.1. The minimum absolute atomic E-state index is 0.0384. The van der Waals surface area contributed by atoms with Gasteiger partial charge in [0.1, 0.15) is 0 Å². The van der Waals surface area contributed by atoms with E-state index in [-0.39, 0.29) is 11.5 Å². The summed E-state index contributed by atoms with van der Waals surface area (Å²) in [5.41, 5.74) is 2.01. The van der Waals surface area contributed by atoms with Crippen LogP contribution in [0.15, 0.2) is 59.5 Å². The number of benzene rings is 2. The second-order valence-electron chi connectivity index (χ2n) is 8.27. The maximum absolute atomic E-state index is 13.6. The Morgan fingerprint density at radius 3 is 2.50 bits per heavy atom. The van der Waals surface area contributed by atoms with Crippen LogP contribution in [0.3, 0.4) is 0 Å². The van der Waals surface area contributed by atoms with Gasteiger partial charge in [-0.1, -0.05) is 42.5 Å². The summed E-state index contributed by atoms with van der Waals surface area (Å²) in [7, 11) is -3.57. The molecule has 1 spiro atoms. The average molecular weight is 399 g/mol. The second kappa shape index (κ2) is 6.95. The van der Waals surface area contributed by atoms with Crippen LogP contribution < -0.4 is 5.32 Å². The van der Waals surface area contributed by atoms with Crippen molar-refractivity contribution >= 4 is 10.0 Å². The quantitative estimate of drug-likeness (QED) is 0.864. The van der Waals surface area contributed by atoms with Gasteiger partial charge in [0.25, 0.3) is 0 Å². The van der Waals surface area contributed by atoms with Gasteiger partial charge in [-0.15, -0.1) is 0 Å². The van der Waals surface area contributed by atoms with E-state index in [2.05, 4.69) is 5.32 Å². The lowest BCUT2D eigenvalue weighted by Gasteiger charge is -2.37. The molecule has 6 heteroatoms. The van der Waals surface area contributed by atoms with Gasteiger partial charge in [-0.25, -0.2) is 8.42 Å². The Morgan fingerprint density at radius 1 is 0.964 bits per heavy atom. The van der Waals surface area contributed by atoms with Crippen LogP contribution in [0.2, 0.25) is 0 Å². The van der Waals surface area contributed by atoms with Crippen molar-refractivity contribution in [2.75, 3.05) is 32.8 Å². The zero-order valence-corrected chi connectivity index (χ0v) is 16.7. The van der Waals surface area contributed by atoms with Crippen LogP contribution in [-0.4, -0.2) is 51.6 Å². The molecule has 0 amide bonds. The van der Waals surface area contributed by atoms with Crippen LogP contribution in [0, 0.1) is 11.3 Å². The Kier molecular flexibility index (Phi) is 4.55. The van der Waals surface area contributed by atoms with Gasteiger partial charge in [-0.3, -0.25) is 0 Å². The van der Waals surface area contributed by atoms with Crippen LogP contribution in [0.4, 0.5) is 0 Å². The first kappa shape index (κ1) is 18.3. The zero-order chi connectivity index (χ0) is 19.2. The molecule has 3 aliphatic rings. The number of nitrogens with zero attached hydrogens (tertiary/aromatic N) is 1. The number of fused-ring (bicyclic) bond motifs is 2. The molecule has 5 rings (SSSR count). The summed E-state index contributed by atoms with van der Waals surface area (Å²) in [6.45, 7) is 3.73. The Hall–Kier alpha value is -1.73. The third-order valence-electron chi connectivity index (χ3n) is 6.82. The highest BCUT2D eigenvalue weighted by atomic mass is 32.2. The molecule has 3 fully saturated rings. The van der Waals surface area contributed by atoms with Crippen molar-refractivity contribution < 1.29 is 13.2 Å². The lowest BCUT2D eigenvalue weighted by molar-refractivity contribution is 0.0979. The third-order valence-corrected chi connectivity index (χ3v) is 8.69. The van der Waals surface area contributed by atoms with Crippen LogP contribution in [-0.2, 0) is 14.8 Å². The Balaban J connectivity index is 1.51. The fraction of sp³-hybridized carbons (Fsp3) is 0.455. The van der Waals surface area contributed by atoms with Crippen molar-refractivity contribution in [2.45, 2.75) is 23.8 Å². The van der Waals surface area contributed by atoms with Gasteiger partial charge in [-0.05, 0) is 54.6 Å². The van der Waals surface area contributed by atoms with Gasteiger partial charge in [-0.2, -0.15) is 4.31 Å². The smallest absolute Gasteiger partial charge is 0.243 e. The van der Waals surface area contributed by atoms with E-state index in [0.717, 1.165) is 37.1 Å². The fourth-order valence-corrected chi connectivity index (χ4v) is 7.06. The van der Waals surface area contributed by atoms with Crippen LogP contribution >= 0.6 is 0 Å². The number of rotatable bonds is 3. The van der Waals surface area contributed by atoms with Crippen LogP contribution in [0.5, 0.6) is 0 Å². The van der Waals surface area contributed by atoms with Gasteiger partial charge in [0.15, 0.2) is 0 Å². The van der Waals surface area contributed by atoms with Crippen molar-refractivity contribution in [3.8, 4) is 11.1 Å². The number of sulfonamides is 1. The van der Waals surface area contributed by atoms with Crippen LogP contribution in [0.25, 0.3) is 11.1 Å². The molecule has 3 aliphatic heterocycles. The summed E-state index contributed by atoms with van der Waals surface area (Å²) in [5, 5.41) is 3.42. The largest absolute Gasteiger partial charge is 0.379 e. The topological polar surface area (TPSA) is 58.6 Å². The van der Waals surface area contributed by atoms with Crippen molar-refractivity contribution in [2.24, 2.45) is 11.3 Å². The summed E-state index contributed by atoms with van der Waals surface area (Å²) in [5.74, 6) is 0.307. The predicted molar refractivity (Wildman–Crippen MR) is 108 cm³/mol. The Morgan fingerprint density at radius 2 is 1.71 bits per heavy atom. The number of ether oxygens (including phenoxy) is 1. The third kappa shape index (κ3) is 2.90. The molecule has 3 saturated heterocycles. The summed E-state index contributed by atoms with van der Waals surface area (Å²) >= 11 is 0. The van der Waals surface area contributed by atoms with Gasteiger partial charge >= 0.3 is 0 Å². The fourth-order valence-electron chi connectivity index (χ4n) is 5.28. The standard InChI is InChI=1S/C22H26N2O3S/c25-28(26,19-8-4-7-18(13-19)17-5-2-1-3-6-17)24-16-22(9-11-23-12-10-22)20-14-27-15-21(20)24/h1-8,13,20-21,23H,9-12,14-16H2/t20-,21+/m0/s1. The molecular formula is C22H26N2O3S. The molecule has 0 aliphatic carbocycles. The maximum atomic E-state index is 13.6. The summed E-state index contributed by atoms with van der Waals surface area (Å²) in [4.78, 5) is 0.380. The van der Waals surface area contributed by atoms with E-state index in [4.69, 9.17) is 4.74 Å². The van der Waals surface area contributed by atoms with Crippen molar-refractivity contribution in [3.63, 3.8) is 0 Å². The first-order chi connectivity index (χ1) is 13.6. The maximum Gasteiger partial charge on any atom is 0.243 e. The molecule has 1 N–H and O–H groups in total. The van der Waals surface area contributed by atoms with Gasteiger partial charge < -0.3 is 10.1 Å². The Bertz CT molecular complexity index is 955. The number of piperidine rings is 1. The zero-order valence-electron chi connectivity index (χ0n) is 15.9. The molecular weight excluding hydrogens is 372 g/mol. The molecule has 0 radical (unpaired) electrons. The molecule has 0 aromatic heterocycles. The summed E-state index contributed by atoms with van der Waals surface area (Å²) < 4.78 is 34.8. The molecule has 0 unspecified atom stereocenters. The molecule has 148 valence electrons. The molecule has 0 bridgehead atoms. The Labute approximate surface area is 166 Å². The van der Waals surface area contributed by atoms with E-state index in [1.165, 1.54) is 0 Å². The van der Waals surface area contributed by atoms with Crippen LogP contribution in [0.1, 0.15) is 12.8 Å². The highest BCUT2D eigenvalue weighted by Crippen LogP contribution is 2.50. The van der Waals surface area contributed by atoms with Crippen molar-refractivity contribution in [3.05, 3.63) is 54.6 Å². The minimum atomic E-state index is -3.57. The second-order valence-corrected chi connectivity index (χ2v) is 10.2. The molecule has 3 heterocycles. The molecule has 2 aromatic rings. The van der Waals surface area contributed by atoms with E-state index in [1.807, 2.05) is 48.5 Å². The molecule has 0 saturated carbocycles. The minimum Gasteiger partial charge on any atom is -0.379 e. The molecule has 28 heavy (non-hydrogen) atoms. The highest BCUT2D eigenvalue weighted by molar-refractivity contribution is 7.89. The summed E-state index contributed by atoms with van der Waals surface area (Å²) in [6.07, 6.45) is 2.04. The van der Waals surface area contributed by atoms with Crippen molar-refractivity contribution in [1.29, 1.82) is 0 Å². The van der Waals surface area contributed by atoms with E-state index < -0.39 is 10.0 Å². The highest BCUT2D eigenvalue weighted by Gasteiger charge is 2.58. The average Bonchev–Trinajstić information content (AvgIpc) is 3.33. The van der Waals surface area contributed by atoms with E-state index in [0.29, 0.717) is 30.6 Å². The lowest BCUT2D eigenvalue weighted by Crippen LogP contribution is -2.43. The lowest BCUT2D eigenvalue weighted by atomic mass is 9.70. The number of hydrogen-bond acceptors (Lipinski definition) is 4. The van der Waals surface area contributed by atoms with E-state index in [9.17, 15) is 8.42 Å². The van der Waals surface area contributed by atoms with Gasteiger partial charge in [0.05, 0.1) is 24.2 Å². The molecule has 2 aromatic carbocycles. The van der Waals surface area contributed by atoms with E-state index in [1.54, 1.807) is 10.4 Å². The molecule has 5 nitrogen and oxygen atoms in total. The first-order valence-corrected chi connectivity index (χ1v) is 11.5. The van der Waals surface area contributed by atoms with Gasteiger partial charge in [0.2, 0.25) is 10.0 Å².